The summed E-state index contributed by atoms with van der Waals surface area (Å²) in [5.74, 6) is -1.38. The molecule has 20 heavy (non-hydrogen) atoms. The van der Waals surface area contributed by atoms with E-state index < -0.39 is 17.6 Å². The van der Waals surface area contributed by atoms with E-state index in [0.717, 1.165) is 12.1 Å². The Morgan fingerprint density at radius 2 is 1.40 bits per heavy atom. The van der Waals surface area contributed by atoms with E-state index in [-0.39, 0.29) is 20.6 Å². The minimum absolute atomic E-state index is 0.165. The van der Waals surface area contributed by atoms with Crippen LogP contribution in [0.25, 0.3) is 11.1 Å². The zero-order chi connectivity index (χ0) is 15.1. The van der Waals surface area contributed by atoms with E-state index >= 15 is 0 Å². The molecule has 0 aliphatic heterocycles. The lowest BCUT2D eigenvalue weighted by molar-refractivity contribution is -0.139. The molecule has 2 aromatic rings. The van der Waals surface area contributed by atoms with Crippen molar-refractivity contribution in [2.75, 3.05) is 0 Å². The van der Waals surface area contributed by atoms with E-state index in [4.69, 9.17) is 34.8 Å². The van der Waals surface area contributed by atoms with Crippen molar-refractivity contribution in [3.63, 3.8) is 0 Å². The minimum Gasteiger partial charge on any atom is -0.206 e. The molecule has 0 saturated heterocycles. The number of benzene rings is 2. The van der Waals surface area contributed by atoms with Gasteiger partial charge in [0.1, 0.15) is 5.82 Å². The molecule has 2 aromatic carbocycles. The molecule has 106 valence electrons. The van der Waals surface area contributed by atoms with Crippen molar-refractivity contribution in [1.29, 1.82) is 0 Å². The third kappa shape index (κ3) is 3.03. The average Bonchev–Trinajstić information content (AvgIpc) is 2.32. The second kappa shape index (κ2) is 5.43. The van der Waals surface area contributed by atoms with Gasteiger partial charge in [-0.25, -0.2) is 4.39 Å². The highest BCUT2D eigenvalue weighted by Gasteiger charge is 2.34. The van der Waals surface area contributed by atoms with Crippen molar-refractivity contribution < 1.29 is 17.6 Å². The van der Waals surface area contributed by atoms with Gasteiger partial charge in [0.2, 0.25) is 0 Å². The summed E-state index contributed by atoms with van der Waals surface area (Å²) >= 11 is 17.5. The number of alkyl halides is 3. The van der Waals surface area contributed by atoms with Crippen LogP contribution in [0.5, 0.6) is 0 Å². The first-order chi connectivity index (χ1) is 9.20. The lowest BCUT2D eigenvalue weighted by Gasteiger charge is -2.11. The molecule has 0 saturated carbocycles. The first-order valence-electron chi connectivity index (χ1n) is 5.22. The van der Waals surface area contributed by atoms with E-state index in [1.165, 1.54) is 12.1 Å². The van der Waals surface area contributed by atoms with Crippen molar-refractivity contribution in [3.05, 3.63) is 56.8 Å². The smallest absolute Gasteiger partial charge is 0.206 e. The number of rotatable bonds is 1. The molecular formula is C13H5Cl3F4. The van der Waals surface area contributed by atoms with E-state index in [1.54, 1.807) is 0 Å². The van der Waals surface area contributed by atoms with E-state index in [9.17, 15) is 17.6 Å². The molecule has 0 unspecified atom stereocenters. The zero-order valence-corrected chi connectivity index (χ0v) is 11.8. The molecule has 0 aromatic heterocycles. The third-order valence-corrected chi connectivity index (χ3v) is 3.63. The Morgan fingerprint density at radius 1 is 0.800 bits per heavy atom. The molecule has 2 rings (SSSR count). The Bertz CT molecular complexity index is 665. The first-order valence-corrected chi connectivity index (χ1v) is 6.35. The van der Waals surface area contributed by atoms with Crippen LogP contribution < -0.4 is 0 Å². The van der Waals surface area contributed by atoms with E-state index in [0.29, 0.717) is 11.6 Å². The lowest BCUT2D eigenvalue weighted by Crippen LogP contribution is -2.07. The standard InChI is InChI=1S/C13H5Cl3F4/c14-9-5-11(16)10(15)4-7(9)6-1-2-8(12(17)3-6)13(18,19)20/h1-5H. The van der Waals surface area contributed by atoms with Gasteiger partial charge in [-0.2, -0.15) is 13.2 Å². The molecule has 0 spiro atoms. The van der Waals surface area contributed by atoms with Gasteiger partial charge in [-0.15, -0.1) is 0 Å². The number of halogens is 7. The SMILES string of the molecule is Fc1cc(-c2cc(Cl)c(Cl)cc2Cl)ccc1C(F)(F)F. The lowest BCUT2D eigenvalue weighted by atomic mass is 10.0. The molecule has 0 N–H and O–H groups in total. The van der Waals surface area contributed by atoms with Crippen LogP contribution in [0.15, 0.2) is 30.3 Å². The van der Waals surface area contributed by atoms with Gasteiger partial charge in [0.25, 0.3) is 0 Å². The van der Waals surface area contributed by atoms with Gasteiger partial charge >= 0.3 is 6.18 Å². The Kier molecular flexibility index (Phi) is 4.19. The second-order valence-electron chi connectivity index (χ2n) is 3.94. The van der Waals surface area contributed by atoms with Crippen molar-refractivity contribution in [2.24, 2.45) is 0 Å². The van der Waals surface area contributed by atoms with Crippen molar-refractivity contribution in [3.8, 4) is 11.1 Å². The topological polar surface area (TPSA) is 0 Å². The van der Waals surface area contributed by atoms with E-state index in [1.807, 2.05) is 0 Å². The minimum atomic E-state index is -4.75. The summed E-state index contributed by atoms with van der Waals surface area (Å²) in [7, 11) is 0. The molecular weight excluding hydrogens is 338 g/mol. The van der Waals surface area contributed by atoms with Gasteiger partial charge in [-0.1, -0.05) is 40.9 Å². The monoisotopic (exact) mass is 342 g/mol. The summed E-state index contributed by atoms with van der Waals surface area (Å²) in [5.41, 5.74) is -0.856. The van der Waals surface area contributed by atoms with Crippen LogP contribution >= 0.6 is 34.8 Å². The van der Waals surface area contributed by atoms with E-state index in [2.05, 4.69) is 0 Å². The van der Waals surface area contributed by atoms with Crippen LogP contribution in [-0.4, -0.2) is 0 Å². The van der Waals surface area contributed by atoms with Crippen LogP contribution in [0.1, 0.15) is 5.56 Å². The summed E-state index contributed by atoms with van der Waals surface area (Å²) in [5, 5.41) is 0.540. The number of hydrogen-bond donors (Lipinski definition) is 0. The average molecular weight is 344 g/mol. The second-order valence-corrected chi connectivity index (χ2v) is 5.16. The molecule has 0 bridgehead atoms. The molecule has 0 amide bonds. The van der Waals surface area contributed by atoms with Gasteiger partial charge in [-0.3, -0.25) is 0 Å². The van der Waals surface area contributed by atoms with Crippen LogP contribution in [0.2, 0.25) is 15.1 Å². The molecule has 0 radical (unpaired) electrons. The van der Waals surface area contributed by atoms with Gasteiger partial charge in [0.05, 0.1) is 15.6 Å². The molecule has 0 atom stereocenters. The molecule has 0 heterocycles. The maximum Gasteiger partial charge on any atom is 0.419 e. The van der Waals surface area contributed by atoms with Gasteiger partial charge in [0.15, 0.2) is 0 Å². The maximum atomic E-state index is 13.5. The number of hydrogen-bond acceptors (Lipinski definition) is 0. The normalized spacial score (nSPS) is 11.8. The first kappa shape index (κ1) is 15.4. The Morgan fingerprint density at radius 3 is 1.95 bits per heavy atom. The summed E-state index contributed by atoms with van der Waals surface area (Å²) in [6, 6.07) is 5.25. The van der Waals surface area contributed by atoms with Crippen molar-refractivity contribution in [1.82, 2.24) is 0 Å². The molecule has 0 nitrogen and oxygen atoms in total. The van der Waals surface area contributed by atoms with Crippen LogP contribution in [0, 0.1) is 5.82 Å². The predicted molar refractivity (Wildman–Crippen MR) is 71.9 cm³/mol. The maximum absolute atomic E-state index is 13.5. The van der Waals surface area contributed by atoms with Crippen LogP contribution in [0.3, 0.4) is 0 Å². The summed E-state index contributed by atoms with van der Waals surface area (Å²) in [4.78, 5) is 0. The van der Waals surface area contributed by atoms with Gasteiger partial charge in [0, 0.05) is 10.6 Å². The summed E-state index contributed by atoms with van der Waals surface area (Å²) in [6.07, 6.45) is -4.75. The van der Waals surface area contributed by atoms with Crippen molar-refractivity contribution in [2.45, 2.75) is 6.18 Å². The summed E-state index contributed by atoms with van der Waals surface area (Å²) < 4.78 is 50.9. The quantitative estimate of drug-likeness (QED) is 0.411. The zero-order valence-electron chi connectivity index (χ0n) is 9.53. The molecule has 0 aliphatic carbocycles. The Hall–Kier alpha value is -0.970. The van der Waals surface area contributed by atoms with Gasteiger partial charge < -0.3 is 0 Å². The Labute approximate surface area is 126 Å². The fourth-order valence-corrected chi connectivity index (χ4v) is 2.31. The van der Waals surface area contributed by atoms with Crippen LogP contribution in [-0.2, 0) is 6.18 Å². The predicted octanol–water partition coefficient (Wildman–Crippen LogP) is 6.47. The van der Waals surface area contributed by atoms with Crippen LogP contribution in [0.4, 0.5) is 17.6 Å². The highest BCUT2D eigenvalue weighted by molar-refractivity contribution is 6.44. The highest BCUT2D eigenvalue weighted by Crippen LogP contribution is 2.38. The highest BCUT2D eigenvalue weighted by atomic mass is 35.5. The third-order valence-electron chi connectivity index (χ3n) is 2.60. The molecule has 7 heteroatoms. The summed E-state index contributed by atoms with van der Waals surface area (Å²) in [6.45, 7) is 0. The largest absolute Gasteiger partial charge is 0.419 e. The van der Waals surface area contributed by atoms with Gasteiger partial charge in [-0.05, 0) is 29.8 Å². The molecule has 0 fully saturated rings. The fourth-order valence-electron chi connectivity index (χ4n) is 1.66. The van der Waals surface area contributed by atoms with Crippen molar-refractivity contribution >= 4 is 34.8 Å². The molecule has 0 aliphatic rings. The fraction of sp³-hybridized carbons (Fsp3) is 0.0769. The Balaban J connectivity index is 2.55.